The molecule has 2 atom stereocenters. The third kappa shape index (κ3) is 2.35. The van der Waals surface area contributed by atoms with Crippen molar-refractivity contribution in [2.45, 2.75) is 25.9 Å². The maximum Gasteiger partial charge on any atom is 0.313 e. The normalized spacial score (nSPS) is 25.1. The lowest BCUT2D eigenvalue weighted by Crippen LogP contribution is -2.35. The van der Waals surface area contributed by atoms with E-state index < -0.39 is 23.5 Å². The van der Waals surface area contributed by atoms with Crippen LogP contribution < -0.4 is 4.74 Å². The maximum absolute atomic E-state index is 12.1. The van der Waals surface area contributed by atoms with Crippen LogP contribution in [0.1, 0.15) is 25.8 Å². The average molecular weight is 278 g/mol. The van der Waals surface area contributed by atoms with E-state index >= 15 is 0 Å². The van der Waals surface area contributed by atoms with Crippen LogP contribution in [0, 0.1) is 5.92 Å². The fraction of sp³-hybridized carbons (Fsp3) is 0.467. The molecule has 2 rings (SSSR count). The van der Waals surface area contributed by atoms with Crippen molar-refractivity contribution in [1.82, 2.24) is 0 Å². The van der Waals surface area contributed by atoms with Gasteiger partial charge in [-0.2, -0.15) is 0 Å². The second-order valence-electron chi connectivity index (χ2n) is 4.79. The molecule has 1 aromatic carbocycles. The van der Waals surface area contributed by atoms with Crippen molar-refractivity contribution in [3.05, 3.63) is 29.8 Å². The molecule has 0 amide bonds. The van der Waals surface area contributed by atoms with Gasteiger partial charge in [-0.1, -0.05) is 18.2 Å². The Hall–Kier alpha value is -2.04. The molecule has 20 heavy (non-hydrogen) atoms. The summed E-state index contributed by atoms with van der Waals surface area (Å²) >= 11 is 0. The minimum absolute atomic E-state index is 0.0212. The summed E-state index contributed by atoms with van der Waals surface area (Å²) in [5, 5.41) is 0. The highest BCUT2D eigenvalue weighted by Crippen LogP contribution is 2.45. The Morgan fingerprint density at radius 3 is 2.80 bits per heavy atom. The van der Waals surface area contributed by atoms with Crippen LogP contribution in [0.2, 0.25) is 0 Å². The van der Waals surface area contributed by atoms with E-state index in [0.717, 1.165) is 0 Å². The molecule has 1 aliphatic heterocycles. The molecule has 0 unspecified atom stereocenters. The van der Waals surface area contributed by atoms with E-state index in [2.05, 4.69) is 0 Å². The molecule has 1 saturated heterocycles. The highest BCUT2D eigenvalue weighted by molar-refractivity contribution is 5.85. The van der Waals surface area contributed by atoms with Crippen LogP contribution in [0.5, 0.6) is 5.75 Å². The van der Waals surface area contributed by atoms with Gasteiger partial charge in [0.15, 0.2) is 5.60 Å². The van der Waals surface area contributed by atoms with E-state index in [9.17, 15) is 9.59 Å². The number of cyclic esters (lactones) is 1. The minimum atomic E-state index is -1.06. The first-order chi connectivity index (χ1) is 9.52. The molecule has 0 radical (unpaired) electrons. The van der Waals surface area contributed by atoms with Crippen molar-refractivity contribution in [2.24, 2.45) is 5.92 Å². The Labute approximate surface area is 117 Å². The van der Waals surface area contributed by atoms with E-state index in [-0.39, 0.29) is 13.0 Å². The first kappa shape index (κ1) is 14.4. The van der Waals surface area contributed by atoms with Crippen LogP contribution in [0.15, 0.2) is 24.3 Å². The molecule has 1 aliphatic rings. The van der Waals surface area contributed by atoms with Gasteiger partial charge in [0, 0.05) is 5.56 Å². The number of benzene rings is 1. The summed E-state index contributed by atoms with van der Waals surface area (Å²) in [6.07, 6.45) is 0.0212. The molecular weight excluding hydrogens is 260 g/mol. The molecule has 0 bridgehead atoms. The predicted molar refractivity (Wildman–Crippen MR) is 71.2 cm³/mol. The number of methoxy groups -OCH3 is 1. The first-order valence-corrected chi connectivity index (χ1v) is 6.55. The van der Waals surface area contributed by atoms with Gasteiger partial charge in [0.1, 0.15) is 11.7 Å². The SMILES string of the molecule is CCOC(=O)[C@H]1CC(=O)O[C@@]1(C)c1ccccc1OC. The van der Waals surface area contributed by atoms with E-state index in [4.69, 9.17) is 14.2 Å². The third-order valence-electron chi connectivity index (χ3n) is 3.57. The summed E-state index contributed by atoms with van der Waals surface area (Å²) in [6, 6.07) is 7.21. The summed E-state index contributed by atoms with van der Waals surface area (Å²) in [6.45, 7) is 3.72. The molecule has 108 valence electrons. The quantitative estimate of drug-likeness (QED) is 0.789. The lowest BCUT2D eigenvalue weighted by atomic mass is 9.82. The van der Waals surface area contributed by atoms with Gasteiger partial charge in [-0.05, 0) is 19.9 Å². The van der Waals surface area contributed by atoms with Crippen molar-refractivity contribution in [3.8, 4) is 5.75 Å². The summed E-state index contributed by atoms with van der Waals surface area (Å²) in [7, 11) is 1.54. The van der Waals surface area contributed by atoms with Crippen LogP contribution in [0.4, 0.5) is 0 Å². The Morgan fingerprint density at radius 1 is 1.45 bits per heavy atom. The fourth-order valence-corrected chi connectivity index (χ4v) is 2.56. The molecule has 1 fully saturated rings. The molecule has 5 heteroatoms. The number of hydrogen-bond donors (Lipinski definition) is 0. The van der Waals surface area contributed by atoms with E-state index in [1.165, 1.54) is 0 Å². The number of hydrogen-bond acceptors (Lipinski definition) is 5. The zero-order valence-electron chi connectivity index (χ0n) is 11.8. The van der Waals surface area contributed by atoms with Gasteiger partial charge in [0.25, 0.3) is 0 Å². The number of para-hydroxylation sites is 1. The second-order valence-corrected chi connectivity index (χ2v) is 4.79. The van der Waals surface area contributed by atoms with Crippen molar-refractivity contribution >= 4 is 11.9 Å². The highest BCUT2D eigenvalue weighted by atomic mass is 16.6. The number of carbonyl (C=O) groups is 2. The van der Waals surface area contributed by atoms with Gasteiger partial charge in [-0.15, -0.1) is 0 Å². The second kappa shape index (κ2) is 5.53. The van der Waals surface area contributed by atoms with Crippen LogP contribution in [-0.4, -0.2) is 25.7 Å². The molecule has 0 aromatic heterocycles. The maximum atomic E-state index is 12.1. The van der Waals surface area contributed by atoms with Crippen LogP contribution in [-0.2, 0) is 24.7 Å². The van der Waals surface area contributed by atoms with Crippen molar-refractivity contribution in [1.29, 1.82) is 0 Å². The van der Waals surface area contributed by atoms with Crippen molar-refractivity contribution < 1.29 is 23.8 Å². The summed E-state index contributed by atoms with van der Waals surface area (Å²) < 4.78 is 15.8. The number of ether oxygens (including phenoxy) is 3. The zero-order chi connectivity index (χ0) is 14.8. The molecular formula is C15H18O5. The monoisotopic (exact) mass is 278 g/mol. The van der Waals surface area contributed by atoms with Gasteiger partial charge in [0.05, 0.1) is 20.1 Å². The zero-order valence-corrected chi connectivity index (χ0v) is 11.8. The van der Waals surface area contributed by atoms with E-state index in [1.807, 2.05) is 12.1 Å². The van der Waals surface area contributed by atoms with Gasteiger partial charge in [-0.25, -0.2) is 0 Å². The predicted octanol–water partition coefficient (Wildman–Crippen LogP) is 2.04. The van der Waals surface area contributed by atoms with Gasteiger partial charge < -0.3 is 14.2 Å². The summed E-state index contributed by atoms with van der Waals surface area (Å²) in [5.41, 5.74) is -0.387. The molecule has 0 saturated carbocycles. The molecule has 0 spiro atoms. The van der Waals surface area contributed by atoms with Crippen molar-refractivity contribution in [3.63, 3.8) is 0 Å². The fourth-order valence-electron chi connectivity index (χ4n) is 2.56. The average Bonchev–Trinajstić information content (AvgIpc) is 2.75. The number of rotatable bonds is 4. The first-order valence-electron chi connectivity index (χ1n) is 6.55. The van der Waals surface area contributed by atoms with Gasteiger partial charge in [0.2, 0.25) is 0 Å². The lowest BCUT2D eigenvalue weighted by molar-refractivity contribution is -0.157. The molecule has 1 heterocycles. The summed E-state index contributed by atoms with van der Waals surface area (Å²) in [4.78, 5) is 23.8. The Balaban J connectivity index is 2.44. The largest absolute Gasteiger partial charge is 0.496 e. The lowest BCUT2D eigenvalue weighted by Gasteiger charge is -2.29. The Morgan fingerprint density at radius 2 is 2.15 bits per heavy atom. The smallest absolute Gasteiger partial charge is 0.313 e. The summed E-state index contributed by atoms with van der Waals surface area (Å²) in [5.74, 6) is -0.909. The minimum Gasteiger partial charge on any atom is -0.496 e. The Bertz CT molecular complexity index is 525. The number of carbonyl (C=O) groups excluding carboxylic acids is 2. The molecule has 0 N–H and O–H groups in total. The van der Waals surface area contributed by atoms with Gasteiger partial charge in [-0.3, -0.25) is 9.59 Å². The Kier molecular flexibility index (Phi) is 3.97. The van der Waals surface area contributed by atoms with E-state index in [0.29, 0.717) is 11.3 Å². The van der Waals surface area contributed by atoms with Crippen LogP contribution in [0.3, 0.4) is 0 Å². The highest BCUT2D eigenvalue weighted by Gasteiger charge is 2.52. The van der Waals surface area contributed by atoms with Gasteiger partial charge >= 0.3 is 11.9 Å². The topological polar surface area (TPSA) is 61.8 Å². The van der Waals surface area contributed by atoms with Crippen LogP contribution in [0.25, 0.3) is 0 Å². The molecule has 0 aliphatic carbocycles. The number of esters is 2. The standard InChI is InChI=1S/C15H18O5/c1-4-19-14(17)11-9-13(16)20-15(11,2)10-7-5-6-8-12(10)18-3/h5-8,11H,4,9H2,1-3H3/t11-,15+/m1/s1. The van der Waals surface area contributed by atoms with Crippen molar-refractivity contribution in [2.75, 3.05) is 13.7 Å². The van der Waals surface area contributed by atoms with Crippen LogP contribution >= 0.6 is 0 Å². The third-order valence-corrected chi connectivity index (χ3v) is 3.57. The molecule has 1 aromatic rings. The van der Waals surface area contributed by atoms with E-state index in [1.54, 1.807) is 33.1 Å². The molecule has 5 nitrogen and oxygen atoms in total.